The monoisotopic (exact) mass is 421 g/mol. The van der Waals surface area contributed by atoms with Crippen LogP contribution < -0.4 is 10.6 Å². The number of benzene rings is 2. The maximum Gasteiger partial charge on any atom is 0.256 e. The summed E-state index contributed by atoms with van der Waals surface area (Å²) in [6.07, 6.45) is 4.17. The van der Waals surface area contributed by atoms with Crippen molar-refractivity contribution in [3.8, 4) is 11.5 Å². The molecule has 0 saturated carbocycles. The number of phenols is 2. The summed E-state index contributed by atoms with van der Waals surface area (Å²) in [7, 11) is 0. The minimum Gasteiger partial charge on any atom is -0.504 e. The molecule has 31 heavy (non-hydrogen) atoms. The number of phenolic OH excluding ortho intramolecular Hbond substituents is 2. The largest absolute Gasteiger partial charge is 0.504 e. The van der Waals surface area contributed by atoms with Gasteiger partial charge in [-0.2, -0.15) is 0 Å². The van der Waals surface area contributed by atoms with Gasteiger partial charge in [0.2, 0.25) is 0 Å². The molecule has 3 aliphatic rings. The van der Waals surface area contributed by atoms with Gasteiger partial charge < -0.3 is 20.8 Å². The number of carbonyl (C=O) groups is 1. The van der Waals surface area contributed by atoms with E-state index in [0.29, 0.717) is 12.0 Å². The molecule has 0 spiro atoms. The van der Waals surface area contributed by atoms with Crippen LogP contribution >= 0.6 is 0 Å². The predicted molar refractivity (Wildman–Crippen MR) is 119 cm³/mol. The van der Waals surface area contributed by atoms with E-state index in [9.17, 15) is 15.0 Å². The lowest BCUT2D eigenvalue weighted by atomic mass is 9.76. The molecule has 3 heterocycles. The summed E-state index contributed by atoms with van der Waals surface area (Å²) in [6.45, 7) is 4.92. The smallest absolute Gasteiger partial charge is 0.256 e. The fourth-order valence-corrected chi connectivity index (χ4v) is 5.78. The number of piperidine rings is 2. The van der Waals surface area contributed by atoms with Gasteiger partial charge in [-0.25, -0.2) is 0 Å². The summed E-state index contributed by atoms with van der Waals surface area (Å²) in [5, 5.41) is 27.9. The van der Waals surface area contributed by atoms with Gasteiger partial charge in [0.1, 0.15) is 0 Å². The summed E-state index contributed by atoms with van der Waals surface area (Å²) in [4.78, 5) is 15.9. The summed E-state index contributed by atoms with van der Waals surface area (Å²) < 4.78 is 0. The molecule has 2 saturated heterocycles. The molecule has 4 N–H and O–H groups in total. The van der Waals surface area contributed by atoms with Crippen molar-refractivity contribution in [2.45, 2.75) is 50.7 Å². The number of nitrogens with zero attached hydrogens (tertiary/aromatic N) is 1. The number of rotatable bonds is 3. The van der Waals surface area contributed by atoms with Gasteiger partial charge in [0, 0.05) is 25.2 Å². The van der Waals surface area contributed by atoms with Gasteiger partial charge in [-0.1, -0.05) is 30.3 Å². The molecule has 6 nitrogen and oxygen atoms in total. The van der Waals surface area contributed by atoms with Crippen molar-refractivity contribution in [2.24, 2.45) is 5.92 Å². The van der Waals surface area contributed by atoms with Crippen LogP contribution in [0.1, 0.15) is 65.3 Å². The summed E-state index contributed by atoms with van der Waals surface area (Å²) in [6, 6.07) is 11.7. The first-order valence-corrected chi connectivity index (χ1v) is 11.4. The van der Waals surface area contributed by atoms with Crippen molar-refractivity contribution in [1.82, 2.24) is 15.5 Å². The number of nitrogens with one attached hydrogen (secondary N) is 2. The Balaban J connectivity index is 1.50. The van der Waals surface area contributed by atoms with Crippen LogP contribution in [0.3, 0.4) is 0 Å². The van der Waals surface area contributed by atoms with Gasteiger partial charge >= 0.3 is 0 Å². The molecule has 2 aromatic carbocycles. The van der Waals surface area contributed by atoms with Crippen molar-refractivity contribution in [3.63, 3.8) is 0 Å². The van der Waals surface area contributed by atoms with E-state index in [1.807, 2.05) is 37.3 Å². The molecule has 0 aromatic heterocycles. The molecule has 4 atom stereocenters. The van der Waals surface area contributed by atoms with Gasteiger partial charge in [0.15, 0.2) is 11.5 Å². The van der Waals surface area contributed by atoms with Crippen LogP contribution in [-0.2, 0) is 6.42 Å². The Kier molecular flexibility index (Phi) is 5.36. The van der Waals surface area contributed by atoms with Crippen LogP contribution in [0.4, 0.5) is 0 Å². The fourth-order valence-electron chi connectivity index (χ4n) is 5.78. The number of aromatic hydroxyl groups is 2. The van der Waals surface area contributed by atoms with E-state index >= 15 is 0 Å². The number of fused-ring (bicyclic) bond motifs is 4. The van der Waals surface area contributed by atoms with E-state index in [1.54, 1.807) is 6.07 Å². The lowest BCUT2D eigenvalue weighted by Crippen LogP contribution is -2.55. The molecule has 2 fully saturated rings. The molecule has 2 aromatic rings. The molecule has 0 aliphatic carbocycles. The Bertz CT molecular complexity index is 978. The third-order valence-corrected chi connectivity index (χ3v) is 7.40. The number of carbonyl (C=O) groups excluding carboxylic acids is 1. The van der Waals surface area contributed by atoms with Crippen molar-refractivity contribution < 1.29 is 15.0 Å². The standard InChI is InChI=1S/C25H31N3O3/c1-15(16-6-3-2-4-7-16)27-25(31)23-22-17(12-21(29)24(23)30)9-11-28-14-18-8-5-10-26-19(18)13-20(22)28/h2-4,6-7,12,15,18-20,26,29-30H,5,8-11,13-14H2,1H3,(H,27,31)/t15-,18-,19+,20-/m1/s1. The molecular weight excluding hydrogens is 390 g/mol. The fraction of sp³-hybridized carbons (Fsp3) is 0.480. The molecule has 5 rings (SSSR count). The average Bonchev–Trinajstić information content (AvgIpc) is 2.79. The van der Waals surface area contributed by atoms with Crippen molar-refractivity contribution in [3.05, 3.63) is 58.7 Å². The van der Waals surface area contributed by atoms with Crippen LogP contribution in [0.15, 0.2) is 36.4 Å². The first-order valence-electron chi connectivity index (χ1n) is 11.4. The average molecular weight is 422 g/mol. The topological polar surface area (TPSA) is 84.8 Å². The van der Waals surface area contributed by atoms with E-state index in [2.05, 4.69) is 15.5 Å². The molecular formula is C25H31N3O3. The van der Waals surface area contributed by atoms with Crippen LogP contribution in [0.5, 0.6) is 11.5 Å². The molecule has 164 valence electrons. The van der Waals surface area contributed by atoms with Gasteiger partial charge in [-0.05, 0) is 67.8 Å². The third kappa shape index (κ3) is 3.68. The van der Waals surface area contributed by atoms with Gasteiger partial charge in [0.05, 0.1) is 11.6 Å². The molecule has 3 aliphatic heterocycles. The minimum absolute atomic E-state index is 0.0786. The maximum atomic E-state index is 13.4. The van der Waals surface area contributed by atoms with Crippen molar-refractivity contribution >= 4 is 5.91 Å². The Morgan fingerprint density at radius 3 is 2.87 bits per heavy atom. The minimum atomic E-state index is -0.332. The van der Waals surface area contributed by atoms with Crippen LogP contribution in [0.2, 0.25) is 0 Å². The lowest BCUT2D eigenvalue weighted by Gasteiger charge is -2.49. The number of amides is 1. The highest BCUT2D eigenvalue weighted by atomic mass is 16.3. The second-order valence-corrected chi connectivity index (χ2v) is 9.26. The zero-order chi connectivity index (χ0) is 21.5. The summed E-state index contributed by atoms with van der Waals surface area (Å²) in [5.41, 5.74) is 3.10. The normalized spacial score (nSPS) is 26.3. The second-order valence-electron chi connectivity index (χ2n) is 9.26. The predicted octanol–water partition coefficient (Wildman–Crippen LogP) is 3.26. The molecule has 0 radical (unpaired) electrons. The number of hydrogen-bond donors (Lipinski definition) is 4. The first kappa shape index (κ1) is 20.3. The van der Waals surface area contributed by atoms with Gasteiger partial charge in [-0.3, -0.25) is 9.69 Å². The van der Waals surface area contributed by atoms with Crippen LogP contribution in [0.25, 0.3) is 0 Å². The zero-order valence-corrected chi connectivity index (χ0v) is 18.0. The number of hydrogen-bond acceptors (Lipinski definition) is 5. The zero-order valence-electron chi connectivity index (χ0n) is 18.0. The molecule has 0 unspecified atom stereocenters. The van der Waals surface area contributed by atoms with E-state index in [1.165, 1.54) is 12.8 Å². The summed E-state index contributed by atoms with van der Waals surface area (Å²) in [5.74, 6) is -0.208. The Labute approximate surface area is 183 Å². The first-order chi connectivity index (χ1) is 15.0. The molecule has 0 bridgehead atoms. The quantitative estimate of drug-likeness (QED) is 0.572. The molecule has 1 amide bonds. The molecule has 6 heteroatoms. The highest BCUT2D eigenvalue weighted by Gasteiger charge is 2.42. The third-order valence-electron chi connectivity index (χ3n) is 7.40. The van der Waals surface area contributed by atoms with E-state index in [4.69, 9.17) is 0 Å². The maximum absolute atomic E-state index is 13.4. The highest BCUT2D eigenvalue weighted by molar-refractivity contribution is 6.00. The SMILES string of the molecule is C[C@@H](NC(=O)c1c(O)c(O)cc2c1[C@H]1C[C@@H]3NCCC[C@@H]3CN1CC2)c1ccccc1. The Morgan fingerprint density at radius 2 is 2.06 bits per heavy atom. The Morgan fingerprint density at radius 1 is 1.26 bits per heavy atom. The van der Waals surface area contributed by atoms with Crippen LogP contribution in [-0.4, -0.2) is 46.7 Å². The Hall–Kier alpha value is -2.57. The lowest BCUT2D eigenvalue weighted by molar-refractivity contribution is 0.0540. The summed E-state index contributed by atoms with van der Waals surface area (Å²) >= 11 is 0. The second kappa shape index (κ2) is 8.17. The highest BCUT2D eigenvalue weighted by Crippen LogP contribution is 2.46. The van der Waals surface area contributed by atoms with E-state index in [0.717, 1.165) is 49.2 Å². The van der Waals surface area contributed by atoms with Gasteiger partial charge in [0.25, 0.3) is 5.91 Å². The van der Waals surface area contributed by atoms with E-state index < -0.39 is 0 Å². The van der Waals surface area contributed by atoms with E-state index in [-0.39, 0.29) is 35.1 Å². The van der Waals surface area contributed by atoms with Crippen molar-refractivity contribution in [2.75, 3.05) is 19.6 Å². The van der Waals surface area contributed by atoms with Gasteiger partial charge in [-0.15, -0.1) is 0 Å². The van der Waals surface area contributed by atoms with Crippen LogP contribution in [0, 0.1) is 5.92 Å². The van der Waals surface area contributed by atoms with Crippen molar-refractivity contribution in [1.29, 1.82) is 0 Å².